The van der Waals surface area contributed by atoms with Crippen molar-refractivity contribution in [2.24, 2.45) is 0 Å². The number of hydrogen-bond acceptors (Lipinski definition) is 4. The number of fused-ring (bicyclic) bond motifs is 5. The van der Waals surface area contributed by atoms with Gasteiger partial charge in [-0.05, 0) is 41.8 Å². The van der Waals surface area contributed by atoms with Crippen LogP contribution in [0.25, 0.3) is 33.2 Å². The summed E-state index contributed by atoms with van der Waals surface area (Å²) in [6, 6.07) is 33.7. The van der Waals surface area contributed by atoms with Crippen molar-refractivity contribution in [1.29, 1.82) is 0 Å². The van der Waals surface area contributed by atoms with Gasteiger partial charge in [-0.2, -0.15) is 13.2 Å². The lowest BCUT2D eigenvalue weighted by atomic mass is 10.1. The summed E-state index contributed by atoms with van der Waals surface area (Å²) in [4.78, 5) is 0. The molecule has 11 heteroatoms. The number of aromatic nitrogens is 2. The summed E-state index contributed by atoms with van der Waals surface area (Å²) < 4.78 is 76.8. The zero-order valence-electron chi connectivity index (χ0n) is 19.9. The van der Waals surface area contributed by atoms with E-state index in [1.165, 1.54) is 17.5 Å². The van der Waals surface area contributed by atoms with Crippen molar-refractivity contribution in [3.05, 3.63) is 115 Å². The van der Waals surface area contributed by atoms with Gasteiger partial charge in [0.2, 0.25) is 5.65 Å². The number of benzene rings is 3. The van der Waals surface area contributed by atoms with Gasteiger partial charge in [0, 0.05) is 17.0 Å². The molecule has 0 unspecified atom stereocenters. The van der Waals surface area contributed by atoms with E-state index in [-0.39, 0.29) is 5.82 Å². The van der Waals surface area contributed by atoms with E-state index in [1.807, 2.05) is 18.2 Å². The lowest BCUT2D eigenvalue weighted by Gasteiger charge is -2.08. The maximum Gasteiger partial charge on any atom is 0.485 e. The van der Waals surface area contributed by atoms with Gasteiger partial charge in [-0.25, -0.2) is 21.6 Å². The third-order valence-corrected chi connectivity index (χ3v) is 6.53. The molecule has 3 aromatic carbocycles. The molecule has 6 aromatic rings. The first-order valence-electron chi connectivity index (χ1n) is 11.5. The van der Waals surface area contributed by atoms with E-state index >= 15 is 0 Å². The standard InChI is InChI=1S/C27H19FN3.CHF3O3S/c28-21-13-15-22(16-14-21)29-27-26-23-11-5-4-10-20(23)18-24(19-8-2-1-3-9-19)31(26)25-12-6-7-17-30(25)27;2-1(3,4)8(5,6)7/h1-18,29H;(H,5,6,7)/q+1;/p-1. The van der Waals surface area contributed by atoms with Crippen LogP contribution in [0, 0.1) is 5.82 Å². The predicted octanol–water partition coefficient (Wildman–Crippen LogP) is 6.43. The van der Waals surface area contributed by atoms with Crippen LogP contribution in [0.3, 0.4) is 0 Å². The minimum absolute atomic E-state index is 0.249. The van der Waals surface area contributed by atoms with Gasteiger partial charge >= 0.3 is 5.51 Å². The SMILES string of the molecule is Fc1ccc(Nc2c3c4ccccc4cc(-c4ccccc4)n3c3cccc[n+]23)cc1.O=S(=O)([O-])C(F)(F)F. The lowest BCUT2D eigenvalue weighted by molar-refractivity contribution is -0.493. The third kappa shape index (κ3) is 5.14. The second-order valence-electron chi connectivity index (χ2n) is 8.48. The molecule has 6 rings (SSSR count). The summed E-state index contributed by atoms with van der Waals surface area (Å²) >= 11 is 0. The number of halogens is 4. The molecule has 0 spiro atoms. The zero-order chi connectivity index (χ0) is 27.8. The second kappa shape index (κ2) is 10.0. The Morgan fingerprint density at radius 3 is 2.10 bits per heavy atom. The summed E-state index contributed by atoms with van der Waals surface area (Å²) in [6.45, 7) is 0. The van der Waals surface area contributed by atoms with Crippen LogP contribution in [0.4, 0.5) is 29.1 Å². The highest BCUT2D eigenvalue weighted by Gasteiger charge is 2.37. The first kappa shape index (κ1) is 26.1. The van der Waals surface area contributed by atoms with E-state index in [0.29, 0.717) is 0 Å². The van der Waals surface area contributed by atoms with E-state index in [0.717, 1.165) is 39.3 Å². The van der Waals surface area contributed by atoms with Crippen LogP contribution in [0.15, 0.2) is 109 Å². The normalized spacial score (nSPS) is 11.9. The maximum absolute atomic E-state index is 13.5. The smallest absolute Gasteiger partial charge is 0.485 e. The average molecular weight is 554 g/mol. The first-order valence-corrected chi connectivity index (χ1v) is 12.9. The quantitative estimate of drug-likeness (QED) is 0.119. The lowest BCUT2D eigenvalue weighted by Crippen LogP contribution is -2.22. The number of nitrogens with zero attached hydrogens (tertiary/aromatic N) is 2. The Morgan fingerprint density at radius 1 is 0.821 bits per heavy atom. The first-order chi connectivity index (χ1) is 18.5. The van der Waals surface area contributed by atoms with Gasteiger partial charge in [-0.3, -0.25) is 5.32 Å². The fraction of sp³-hybridized carbons (Fsp3) is 0.0357. The third-order valence-electron chi connectivity index (χ3n) is 5.97. The molecule has 0 saturated carbocycles. The molecular formula is C28H19F4N3O3S. The van der Waals surface area contributed by atoms with Gasteiger partial charge in [0.15, 0.2) is 15.6 Å². The number of anilines is 2. The molecule has 0 aliphatic carbocycles. The van der Waals surface area contributed by atoms with Gasteiger partial charge in [0.25, 0.3) is 5.82 Å². The number of pyridine rings is 2. The van der Waals surface area contributed by atoms with Crippen molar-refractivity contribution in [1.82, 2.24) is 4.40 Å². The Balaban J connectivity index is 0.000000339. The van der Waals surface area contributed by atoms with Crippen LogP contribution in [-0.2, 0) is 10.1 Å². The predicted molar refractivity (Wildman–Crippen MR) is 139 cm³/mol. The molecule has 198 valence electrons. The molecule has 0 radical (unpaired) electrons. The maximum atomic E-state index is 13.5. The number of hydrogen-bond donors (Lipinski definition) is 1. The molecule has 0 amide bonds. The number of imidazole rings is 1. The Bertz CT molecular complexity index is 1900. The minimum Gasteiger partial charge on any atom is -0.741 e. The van der Waals surface area contributed by atoms with Crippen molar-refractivity contribution >= 4 is 43.6 Å². The van der Waals surface area contributed by atoms with Crippen LogP contribution in [0.1, 0.15) is 0 Å². The second-order valence-corrected chi connectivity index (χ2v) is 9.85. The molecule has 0 fully saturated rings. The fourth-order valence-corrected chi connectivity index (χ4v) is 4.29. The van der Waals surface area contributed by atoms with Crippen molar-refractivity contribution < 1.29 is 34.9 Å². The number of alkyl halides is 3. The topological polar surface area (TPSA) is 77.7 Å². The highest BCUT2D eigenvalue weighted by molar-refractivity contribution is 7.86. The largest absolute Gasteiger partial charge is 0.741 e. The Labute approximate surface area is 220 Å². The van der Waals surface area contributed by atoms with Crippen LogP contribution < -0.4 is 9.72 Å². The van der Waals surface area contributed by atoms with Crippen molar-refractivity contribution in [2.45, 2.75) is 5.51 Å². The summed E-state index contributed by atoms with van der Waals surface area (Å²) in [5.41, 5.74) is -0.425. The monoisotopic (exact) mass is 553 g/mol. The Morgan fingerprint density at radius 2 is 1.44 bits per heavy atom. The molecule has 3 heterocycles. The van der Waals surface area contributed by atoms with Crippen molar-refractivity contribution in [2.75, 3.05) is 5.32 Å². The molecule has 1 N–H and O–H groups in total. The van der Waals surface area contributed by atoms with Crippen LogP contribution in [0.5, 0.6) is 0 Å². The molecule has 0 bridgehead atoms. The Hall–Kier alpha value is -4.48. The van der Waals surface area contributed by atoms with Crippen LogP contribution in [-0.4, -0.2) is 22.9 Å². The zero-order valence-corrected chi connectivity index (χ0v) is 20.7. The van der Waals surface area contributed by atoms with E-state index in [2.05, 4.69) is 81.0 Å². The average Bonchev–Trinajstić information content (AvgIpc) is 3.24. The molecule has 3 aromatic heterocycles. The molecule has 6 nitrogen and oxygen atoms in total. The van der Waals surface area contributed by atoms with Crippen LogP contribution in [0.2, 0.25) is 0 Å². The molecule has 0 saturated heterocycles. The van der Waals surface area contributed by atoms with E-state index in [1.54, 1.807) is 12.1 Å². The van der Waals surface area contributed by atoms with Gasteiger partial charge < -0.3 is 4.55 Å². The molecule has 0 aliphatic rings. The summed E-state index contributed by atoms with van der Waals surface area (Å²) in [6.07, 6.45) is 2.05. The summed E-state index contributed by atoms with van der Waals surface area (Å²) in [5.74, 6) is 0.692. The summed E-state index contributed by atoms with van der Waals surface area (Å²) in [5, 5.41) is 5.86. The van der Waals surface area contributed by atoms with Gasteiger partial charge in [0.1, 0.15) is 11.5 Å². The molecule has 0 atom stereocenters. The molecule has 0 aliphatic heterocycles. The van der Waals surface area contributed by atoms with Gasteiger partial charge in [-0.15, -0.1) is 0 Å². The van der Waals surface area contributed by atoms with Crippen molar-refractivity contribution in [3.63, 3.8) is 0 Å². The van der Waals surface area contributed by atoms with Crippen molar-refractivity contribution in [3.8, 4) is 11.3 Å². The van der Waals surface area contributed by atoms with E-state index in [4.69, 9.17) is 13.0 Å². The minimum atomic E-state index is -6.09. The molecular weight excluding hydrogens is 534 g/mol. The van der Waals surface area contributed by atoms with Crippen LogP contribution >= 0.6 is 0 Å². The Kier molecular flexibility index (Phi) is 6.71. The highest BCUT2D eigenvalue weighted by atomic mass is 32.2. The van der Waals surface area contributed by atoms with E-state index in [9.17, 15) is 17.6 Å². The highest BCUT2D eigenvalue weighted by Crippen LogP contribution is 2.34. The van der Waals surface area contributed by atoms with Gasteiger partial charge in [0.05, 0.1) is 11.9 Å². The number of rotatable bonds is 3. The summed E-state index contributed by atoms with van der Waals surface area (Å²) in [7, 11) is -6.09. The van der Waals surface area contributed by atoms with Gasteiger partial charge in [-0.1, -0.05) is 60.7 Å². The molecule has 39 heavy (non-hydrogen) atoms. The van der Waals surface area contributed by atoms with E-state index < -0.39 is 15.6 Å². The fourth-order valence-electron chi connectivity index (χ4n) is 4.29. The number of nitrogens with one attached hydrogen (secondary N) is 1.